The second kappa shape index (κ2) is 13.0. The van der Waals surface area contributed by atoms with Gasteiger partial charge in [-0.1, -0.05) is 35.3 Å². The first kappa shape index (κ1) is 34.9. The molecule has 2 aromatic carbocycles. The van der Waals surface area contributed by atoms with E-state index in [-0.39, 0.29) is 64.4 Å². The molecule has 6 unspecified atom stereocenters. The smallest absolute Gasteiger partial charge is 0.271 e. The zero-order valence-electron chi connectivity index (χ0n) is 30.7. The molecule has 55 heavy (non-hydrogen) atoms. The third-order valence-corrected chi connectivity index (χ3v) is 13.8. The fourth-order valence-corrected chi connectivity index (χ4v) is 10.7. The van der Waals surface area contributed by atoms with E-state index in [0.29, 0.717) is 56.7 Å². The first-order valence-corrected chi connectivity index (χ1v) is 20.1. The number of aromatic nitrogens is 3. The van der Waals surface area contributed by atoms with Gasteiger partial charge in [0.1, 0.15) is 11.2 Å². The molecule has 3 saturated heterocycles. The van der Waals surface area contributed by atoms with Gasteiger partial charge in [-0.15, -0.1) is 0 Å². The molecule has 2 amide bonds. The van der Waals surface area contributed by atoms with Crippen LogP contribution in [0, 0.1) is 34.9 Å². The molecule has 4 bridgehead atoms. The quantitative estimate of drug-likeness (QED) is 0.169. The molecule has 3 saturated carbocycles. The van der Waals surface area contributed by atoms with Crippen molar-refractivity contribution in [1.82, 2.24) is 29.7 Å². The molecule has 0 radical (unpaired) electrons. The number of nitrogens with one attached hydrogen (secondary N) is 1. The third kappa shape index (κ3) is 5.33. The molecular formula is C43H40Cl2FN7O2. The van der Waals surface area contributed by atoms with E-state index in [4.69, 9.17) is 28.2 Å². The van der Waals surface area contributed by atoms with Crippen LogP contribution in [-0.2, 0) is 11.2 Å². The number of aryl methyl sites for hydroxylation is 1. The summed E-state index contributed by atoms with van der Waals surface area (Å²) >= 11 is 13.3. The summed E-state index contributed by atoms with van der Waals surface area (Å²) in [5, 5.41) is 15.5. The Hall–Kier alpha value is -4.56. The lowest BCUT2D eigenvalue weighted by molar-refractivity contribution is -0.137. The van der Waals surface area contributed by atoms with Gasteiger partial charge in [0.25, 0.3) is 5.91 Å². The van der Waals surface area contributed by atoms with Gasteiger partial charge in [0.2, 0.25) is 5.91 Å². The predicted octanol–water partition coefficient (Wildman–Crippen LogP) is 8.52. The van der Waals surface area contributed by atoms with Gasteiger partial charge in [-0.3, -0.25) is 14.6 Å². The summed E-state index contributed by atoms with van der Waals surface area (Å²) in [4.78, 5) is 40.4. The highest BCUT2D eigenvalue weighted by Gasteiger charge is 2.55. The predicted molar refractivity (Wildman–Crippen MR) is 210 cm³/mol. The Morgan fingerprint density at radius 3 is 2.58 bits per heavy atom. The number of rotatable bonds is 8. The van der Waals surface area contributed by atoms with Crippen molar-refractivity contribution in [2.45, 2.75) is 75.5 Å². The summed E-state index contributed by atoms with van der Waals surface area (Å²) in [5.74, 6) is 0.330. The maximum Gasteiger partial charge on any atom is 0.271 e. The van der Waals surface area contributed by atoms with Gasteiger partial charge in [-0.05, 0) is 92.7 Å². The zero-order chi connectivity index (χ0) is 37.9. The number of amides is 2. The number of hydrogen-bond acceptors (Lipinski definition) is 6. The molecular weight excluding hydrogens is 736 g/mol. The van der Waals surface area contributed by atoms with Crippen LogP contribution in [0.3, 0.4) is 0 Å². The Bertz CT molecular complexity index is 2480. The molecule has 6 fully saturated rings. The summed E-state index contributed by atoms with van der Waals surface area (Å²) in [6.45, 7) is 0.899. The number of hydrogen-bond donors (Lipinski definition) is 1. The second-order valence-corrected chi connectivity index (χ2v) is 17.2. The highest BCUT2D eigenvalue weighted by Crippen LogP contribution is 2.56. The topological polar surface area (TPSA) is 107 Å². The molecule has 3 aliphatic carbocycles. The van der Waals surface area contributed by atoms with Crippen molar-refractivity contribution < 1.29 is 14.0 Å². The highest BCUT2D eigenvalue weighted by atomic mass is 35.5. The van der Waals surface area contributed by atoms with E-state index in [1.165, 1.54) is 4.90 Å². The maximum absolute atomic E-state index is 17.7. The van der Waals surface area contributed by atoms with Crippen LogP contribution < -0.4 is 5.32 Å². The van der Waals surface area contributed by atoms with Crippen LogP contribution >= 0.6 is 23.2 Å². The number of carbonyl (C=O) groups excluding carboxylic acids is 2. The van der Waals surface area contributed by atoms with Crippen molar-refractivity contribution in [1.29, 1.82) is 5.26 Å². The molecule has 6 atom stereocenters. The summed E-state index contributed by atoms with van der Waals surface area (Å²) < 4.78 is 20.2. The van der Waals surface area contributed by atoms with E-state index < -0.39 is 5.82 Å². The third-order valence-electron chi connectivity index (χ3n) is 13.0. The normalized spacial score (nSPS) is 25.1. The van der Waals surface area contributed by atoms with Crippen LogP contribution in [-0.4, -0.2) is 68.9 Å². The Balaban J connectivity index is 1.30. The first-order chi connectivity index (χ1) is 26.6. The molecule has 11 rings (SSSR count). The minimum Gasteiger partial charge on any atom is -0.343 e. The number of nitriles is 1. The summed E-state index contributed by atoms with van der Waals surface area (Å²) in [7, 11) is 3.37. The SMILES string of the molecule is CN(C)C(=O)c1ccc(-c2nc3c(F)c(-c4cccc(Cl)c4Cl)c(CCC#N)cc3c3c2cc(C2C4CCC(C4)N2C(=O)C2CC2)n3C2C3CNC2C3)cn1. The fourth-order valence-electron chi connectivity index (χ4n) is 10.3. The van der Waals surface area contributed by atoms with E-state index in [0.717, 1.165) is 61.7 Å². The minimum atomic E-state index is -0.542. The van der Waals surface area contributed by atoms with Crippen LogP contribution in [0.5, 0.6) is 0 Å². The van der Waals surface area contributed by atoms with Gasteiger partial charge < -0.3 is 19.7 Å². The molecule has 12 heteroatoms. The van der Waals surface area contributed by atoms with Crippen molar-refractivity contribution in [3.63, 3.8) is 0 Å². The minimum absolute atomic E-state index is 0.0900. The van der Waals surface area contributed by atoms with E-state index in [1.54, 1.807) is 44.6 Å². The van der Waals surface area contributed by atoms with Crippen molar-refractivity contribution in [3.8, 4) is 28.5 Å². The van der Waals surface area contributed by atoms with Crippen molar-refractivity contribution in [3.05, 3.63) is 81.5 Å². The summed E-state index contributed by atoms with van der Waals surface area (Å²) in [5.41, 5.74) is 4.98. The van der Waals surface area contributed by atoms with Gasteiger partial charge in [-0.25, -0.2) is 9.37 Å². The molecule has 3 aromatic heterocycles. The number of piperidine rings is 1. The van der Waals surface area contributed by atoms with Gasteiger partial charge in [0, 0.05) is 84.4 Å². The van der Waals surface area contributed by atoms with Crippen molar-refractivity contribution >= 4 is 56.8 Å². The fraction of sp³-hybridized carbons (Fsp3) is 0.419. The Kier molecular flexibility index (Phi) is 8.25. The lowest BCUT2D eigenvalue weighted by Gasteiger charge is -2.42. The van der Waals surface area contributed by atoms with E-state index in [1.807, 2.05) is 12.1 Å². The molecule has 9 nitrogen and oxygen atoms in total. The second-order valence-electron chi connectivity index (χ2n) is 16.4. The number of fused-ring (bicyclic) bond motifs is 6. The van der Waals surface area contributed by atoms with Crippen molar-refractivity contribution in [2.75, 3.05) is 20.6 Å². The Morgan fingerprint density at radius 1 is 1.05 bits per heavy atom. The average Bonchev–Trinajstić information content (AvgIpc) is 3.61. The van der Waals surface area contributed by atoms with Gasteiger partial charge >= 0.3 is 0 Å². The lowest BCUT2D eigenvalue weighted by atomic mass is 9.79. The molecule has 280 valence electrons. The number of benzene rings is 2. The molecule has 6 aliphatic rings. The van der Waals surface area contributed by atoms with Crippen molar-refractivity contribution in [2.24, 2.45) is 17.8 Å². The standard InChI is InChI=1S/C43H40Cl2FN7O2/c1-51(2)43(55)31-13-11-24(19-48-31)37-29-18-33(40-23-10-12-26(15-23)52(40)42(54)21-8-9-21)53(39-25-17-32(39)49-20-25)41(29)28-16-22(5-4-14-47)34(36(46)38(28)50-37)27-6-3-7-30(44)35(27)45/h3,6-7,11,13,16,18-19,21,23,25-26,32,39-40,49H,4-5,8-10,12,15,17,20H2,1-2H3. The Labute approximate surface area is 328 Å². The lowest BCUT2D eigenvalue weighted by Crippen LogP contribution is -2.44. The first-order valence-electron chi connectivity index (χ1n) is 19.4. The largest absolute Gasteiger partial charge is 0.343 e. The zero-order valence-corrected chi connectivity index (χ0v) is 32.2. The van der Waals surface area contributed by atoms with E-state index >= 15 is 4.39 Å². The monoisotopic (exact) mass is 775 g/mol. The number of likely N-dealkylation sites (tertiary alicyclic amines) is 1. The Morgan fingerprint density at radius 2 is 1.89 bits per heavy atom. The van der Waals surface area contributed by atoms with E-state index in [9.17, 15) is 14.9 Å². The van der Waals surface area contributed by atoms with Gasteiger partial charge in [0.05, 0.1) is 39.4 Å². The number of halogens is 3. The molecule has 1 N–H and O–H groups in total. The van der Waals surface area contributed by atoms with Crippen LogP contribution in [0.2, 0.25) is 10.0 Å². The molecule has 3 aliphatic heterocycles. The number of carbonyl (C=O) groups is 2. The number of pyridine rings is 2. The van der Waals surface area contributed by atoms with Gasteiger partial charge in [0.15, 0.2) is 5.82 Å². The number of nitrogens with zero attached hydrogens (tertiary/aromatic N) is 6. The summed E-state index contributed by atoms with van der Waals surface area (Å²) in [6, 6.07) is 15.7. The maximum atomic E-state index is 17.7. The van der Waals surface area contributed by atoms with Crippen LogP contribution in [0.15, 0.2) is 48.7 Å². The summed E-state index contributed by atoms with van der Waals surface area (Å²) in [6.07, 6.45) is 8.16. The van der Waals surface area contributed by atoms with E-state index in [2.05, 4.69) is 31.9 Å². The molecule has 6 heterocycles. The molecule has 5 aromatic rings. The van der Waals surface area contributed by atoms with Crippen LogP contribution in [0.4, 0.5) is 4.39 Å². The van der Waals surface area contributed by atoms with Gasteiger partial charge in [-0.2, -0.15) is 5.26 Å². The van der Waals surface area contributed by atoms with Crippen LogP contribution in [0.1, 0.15) is 78.8 Å². The molecule has 0 spiro atoms. The average molecular weight is 777 g/mol. The van der Waals surface area contributed by atoms with Crippen LogP contribution in [0.25, 0.3) is 44.2 Å². The highest BCUT2D eigenvalue weighted by molar-refractivity contribution is 6.43.